The highest BCUT2D eigenvalue weighted by Gasteiger charge is 2.25. The van der Waals surface area contributed by atoms with Gasteiger partial charge in [-0.1, -0.05) is 23.8 Å². The van der Waals surface area contributed by atoms with Gasteiger partial charge in [-0.2, -0.15) is 8.42 Å². The van der Waals surface area contributed by atoms with Crippen molar-refractivity contribution in [2.75, 3.05) is 34.7 Å². The maximum Gasteiger partial charge on any atom is 0.297 e. The number of methoxy groups -OCH3 is 3. The van der Waals surface area contributed by atoms with Crippen LogP contribution in [0, 0.1) is 6.92 Å². The van der Waals surface area contributed by atoms with Gasteiger partial charge < -0.3 is 28.4 Å². The summed E-state index contributed by atoms with van der Waals surface area (Å²) >= 11 is 0. The number of aryl methyl sites for hydroxylation is 1. The van der Waals surface area contributed by atoms with Crippen LogP contribution in [0.5, 0.6) is 34.5 Å². The van der Waals surface area contributed by atoms with E-state index in [-0.39, 0.29) is 24.7 Å². The minimum Gasteiger partial charge on any atom is -0.493 e. The molecular weight excluding hydrogens is 524 g/mol. The first-order valence-electron chi connectivity index (χ1n) is 12.2. The molecule has 10 heteroatoms. The van der Waals surface area contributed by atoms with Crippen LogP contribution < -0.4 is 28.4 Å². The summed E-state index contributed by atoms with van der Waals surface area (Å²) in [4.78, 5) is 0.0649. The largest absolute Gasteiger partial charge is 0.493 e. The molecule has 0 aromatic heterocycles. The van der Waals surface area contributed by atoms with Crippen LogP contribution in [-0.4, -0.2) is 49.3 Å². The quantitative estimate of drug-likeness (QED) is 0.216. The Balaban J connectivity index is 1.67. The van der Waals surface area contributed by atoms with E-state index in [2.05, 4.69) is 6.58 Å². The molecule has 0 saturated carbocycles. The predicted molar refractivity (Wildman–Crippen MR) is 145 cm³/mol. The number of rotatable bonds is 13. The van der Waals surface area contributed by atoms with Gasteiger partial charge in [-0.25, -0.2) is 0 Å². The second-order valence-corrected chi connectivity index (χ2v) is 10.5. The Morgan fingerprint density at radius 2 is 1.56 bits per heavy atom. The minimum absolute atomic E-state index is 0.0649. The van der Waals surface area contributed by atoms with Crippen LogP contribution >= 0.6 is 0 Å². The second kappa shape index (κ2) is 12.3. The van der Waals surface area contributed by atoms with Gasteiger partial charge in [-0.05, 0) is 49.2 Å². The second-order valence-electron chi connectivity index (χ2n) is 8.84. The molecule has 9 nitrogen and oxygen atoms in total. The van der Waals surface area contributed by atoms with Crippen LogP contribution in [0.4, 0.5) is 0 Å². The summed E-state index contributed by atoms with van der Waals surface area (Å²) in [5, 5.41) is 0. The molecule has 3 aromatic carbocycles. The molecule has 208 valence electrons. The topological polar surface area (TPSA) is 98.8 Å². The summed E-state index contributed by atoms with van der Waals surface area (Å²) in [5.41, 5.74) is 2.51. The average molecular weight is 557 g/mol. The third-order valence-electron chi connectivity index (χ3n) is 6.12. The highest BCUT2D eigenvalue weighted by atomic mass is 32.2. The van der Waals surface area contributed by atoms with Gasteiger partial charge in [0.25, 0.3) is 10.1 Å². The summed E-state index contributed by atoms with van der Waals surface area (Å²) in [5.74, 6) is 3.04. The first-order chi connectivity index (χ1) is 18.8. The van der Waals surface area contributed by atoms with Gasteiger partial charge in [-0.15, -0.1) is 6.58 Å². The summed E-state index contributed by atoms with van der Waals surface area (Å²) < 4.78 is 65.3. The highest BCUT2D eigenvalue weighted by Crippen LogP contribution is 2.40. The standard InChI is InChI=1S/C29H32O9S/c1-6-7-21-15-25-26(36-18-35-25)16-24(21)38-22(17-37-39(30,31)23-10-8-19(2)9-11-23)12-20-13-27(32-3)29(34-5)28(14-20)33-4/h6,8-11,13-16,22H,1,7,12,17-18H2,2-5H3/t22-/m1/s1. The lowest BCUT2D eigenvalue weighted by atomic mass is 10.1. The molecule has 1 aliphatic heterocycles. The van der Waals surface area contributed by atoms with E-state index >= 15 is 0 Å². The molecule has 1 heterocycles. The molecule has 3 aromatic rings. The van der Waals surface area contributed by atoms with Gasteiger partial charge in [-0.3, -0.25) is 4.18 Å². The lowest BCUT2D eigenvalue weighted by Gasteiger charge is -2.22. The van der Waals surface area contributed by atoms with Crippen LogP contribution in [0.3, 0.4) is 0 Å². The van der Waals surface area contributed by atoms with Crippen molar-refractivity contribution in [1.29, 1.82) is 0 Å². The Kier molecular flexibility index (Phi) is 8.88. The van der Waals surface area contributed by atoms with E-state index < -0.39 is 16.2 Å². The Hall–Kier alpha value is -3.89. The van der Waals surface area contributed by atoms with E-state index in [1.807, 2.05) is 13.0 Å². The third kappa shape index (κ3) is 6.58. The van der Waals surface area contributed by atoms with Crippen LogP contribution in [-0.2, 0) is 27.1 Å². The summed E-state index contributed by atoms with van der Waals surface area (Å²) in [7, 11) is 0.548. The zero-order chi connectivity index (χ0) is 28.0. The molecule has 0 saturated heterocycles. The molecule has 1 atom stereocenters. The minimum atomic E-state index is -4.03. The first kappa shape index (κ1) is 28.1. The van der Waals surface area contributed by atoms with Gasteiger partial charge in [0.1, 0.15) is 18.5 Å². The zero-order valence-corrected chi connectivity index (χ0v) is 23.2. The van der Waals surface area contributed by atoms with Crippen molar-refractivity contribution >= 4 is 10.1 Å². The number of ether oxygens (including phenoxy) is 6. The van der Waals surface area contributed by atoms with Crippen molar-refractivity contribution in [3.63, 3.8) is 0 Å². The SMILES string of the molecule is C=CCc1cc2c(cc1O[C@@H](COS(=O)(=O)c1ccc(C)cc1)Cc1cc(OC)c(OC)c(OC)c1)OCO2. The van der Waals surface area contributed by atoms with Crippen LogP contribution in [0.25, 0.3) is 0 Å². The molecule has 0 aliphatic carbocycles. The molecule has 4 rings (SSSR count). The van der Waals surface area contributed by atoms with Crippen LogP contribution in [0.1, 0.15) is 16.7 Å². The van der Waals surface area contributed by atoms with Gasteiger partial charge in [0.05, 0.1) is 26.2 Å². The Morgan fingerprint density at radius 1 is 0.923 bits per heavy atom. The van der Waals surface area contributed by atoms with Crippen molar-refractivity contribution < 1.29 is 41.0 Å². The van der Waals surface area contributed by atoms with Gasteiger partial charge >= 0.3 is 0 Å². The van der Waals surface area contributed by atoms with E-state index in [1.165, 1.54) is 33.5 Å². The van der Waals surface area contributed by atoms with Crippen molar-refractivity contribution in [3.8, 4) is 34.5 Å². The fourth-order valence-electron chi connectivity index (χ4n) is 4.16. The number of hydrogen-bond acceptors (Lipinski definition) is 9. The van der Waals surface area contributed by atoms with E-state index in [0.29, 0.717) is 40.9 Å². The summed E-state index contributed by atoms with van der Waals surface area (Å²) in [6.45, 7) is 5.56. The number of allylic oxidation sites excluding steroid dienone is 1. The summed E-state index contributed by atoms with van der Waals surface area (Å²) in [6, 6.07) is 13.6. The molecule has 0 N–H and O–H groups in total. The number of fused-ring (bicyclic) bond motifs is 1. The molecule has 39 heavy (non-hydrogen) atoms. The molecule has 0 spiro atoms. The number of hydrogen-bond donors (Lipinski definition) is 0. The van der Waals surface area contributed by atoms with Crippen LogP contribution in [0.15, 0.2) is 66.1 Å². The van der Waals surface area contributed by atoms with Crippen molar-refractivity contribution in [2.45, 2.75) is 30.8 Å². The first-order valence-corrected chi connectivity index (χ1v) is 13.6. The highest BCUT2D eigenvalue weighted by molar-refractivity contribution is 7.86. The van der Waals surface area contributed by atoms with Crippen molar-refractivity contribution in [3.05, 3.63) is 77.9 Å². The third-order valence-corrected chi connectivity index (χ3v) is 7.42. The van der Waals surface area contributed by atoms with E-state index in [9.17, 15) is 8.42 Å². The predicted octanol–water partition coefficient (Wildman–Crippen LogP) is 4.87. The smallest absolute Gasteiger partial charge is 0.297 e. The van der Waals surface area contributed by atoms with Crippen LogP contribution in [0.2, 0.25) is 0 Å². The summed E-state index contributed by atoms with van der Waals surface area (Å²) in [6.07, 6.45) is 1.79. The Labute approximate surface area is 228 Å². The molecule has 0 bridgehead atoms. The lowest BCUT2D eigenvalue weighted by molar-refractivity contribution is 0.130. The van der Waals surface area contributed by atoms with Crippen molar-refractivity contribution in [1.82, 2.24) is 0 Å². The number of benzene rings is 3. The van der Waals surface area contributed by atoms with E-state index in [1.54, 1.807) is 36.4 Å². The molecule has 1 aliphatic rings. The van der Waals surface area contributed by atoms with E-state index in [4.69, 9.17) is 32.6 Å². The normalized spacial score (nSPS) is 13.0. The maximum atomic E-state index is 13.0. The lowest BCUT2D eigenvalue weighted by Crippen LogP contribution is -2.28. The molecule has 0 radical (unpaired) electrons. The Bertz CT molecular complexity index is 1390. The fraction of sp³-hybridized carbons (Fsp3) is 0.310. The monoisotopic (exact) mass is 556 g/mol. The van der Waals surface area contributed by atoms with E-state index in [0.717, 1.165) is 16.7 Å². The van der Waals surface area contributed by atoms with Crippen molar-refractivity contribution in [2.24, 2.45) is 0 Å². The molecule has 0 unspecified atom stereocenters. The molecule has 0 amide bonds. The molecular formula is C29H32O9S. The Morgan fingerprint density at radius 3 is 2.15 bits per heavy atom. The van der Waals surface area contributed by atoms with Gasteiger partial charge in [0.15, 0.2) is 23.0 Å². The van der Waals surface area contributed by atoms with Gasteiger partial charge in [0.2, 0.25) is 12.5 Å². The molecule has 0 fully saturated rings. The average Bonchev–Trinajstić information content (AvgIpc) is 3.39. The maximum absolute atomic E-state index is 13.0. The fourth-order valence-corrected chi connectivity index (χ4v) is 5.10. The van der Waals surface area contributed by atoms with Gasteiger partial charge in [0, 0.05) is 18.1 Å². The zero-order valence-electron chi connectivity index (χ0n) is 22.4.